The number of oxazole rings is 1. The summed E-state index contributed by atoms with van der Waals surface area (Å²) in [4.78, 5) is 8.66. The van der Waals surface area contributed by atoms with E-state index < -0.39 is 0 Å². The van der Waals surface area contributed by atoms with Gasteiger partial charge in [-0.3, -0.25) is 4.99 Å². The Morgan fingerprint density at radius 1 is 1.26 bits per heavy atom. The molecule has 23 heavy (non-hydrogen) atoms. The van der Waals surface area contributed by atoms with Gasteiger partial charge in [0.25, 0.3) is 0 Å². The molecule has 2 rings (SSSR count). The Balaban J connectivity index is 1.77. The first-order valence-electron chi connectivity index (χ1n) is 7.85. The van der Waals surface area contributed by atoms with Crippen molar-refractivity contribution in [3.8, 4) is 11.5 Å². The van der Waals surface area contributed by atoms with Gasteiger partial charge in [-0.05, 0) is 25.5 Å². The van der Waals surface area contributed by atoms with Gasteiger partial charge in [0.2, 0.25) is 5.89 Å². The van der Waals surface area contributed by atoms with Gasteiger partial charge in [-0.2, -0.15) is 0 Å². The summed E-state index contributed by atoms with van der Waals surface area (Å²) in [6, 6.07) is 9.84. The fourth-order valence-corrected chi connectivity index (χ4v) is 2.02. The third-order valence-electron chi connectivity index (χ3n) is 3.20. The van der Waals surface area contributed by atoms with E-state index in [0.29, 0.717) is 12.4 Å². The molecule has 1 aromatic carbocycles. The number of ether oxygens (including phenoxy) is 1. The van der Waals surface area contributed by atoms with E-state index in [-0.39, 0.29) is 0 Å². The van der Waals surface area contributed by atoms with E-state index in [1.165, 1.54) is 0 Å². The minimum atomic E-state index is 0.557. The molecule has 0 saturated carbocycles. The average Bonchev–Trinajstić information content (AvgIpc) is 3.07. The minimum Gasteiger partial charge on any atom is -0.444 e. The van der Waals surface area contributed by atoms with Crippen LogP contribution in [0.2, 0.25) is 0 Å². The topological polar surface area (TPSA) is 71.7 Å². The Hall–Kier alpha value is -2.34. The lowest BCUT2D eigenvalue weighted by Gasteiger charge is -2.10. The summed E-state index contributed by atoms with van der Waals surface area (Å²) >= 11 is 0. The first-order chi connectivity index (χ1) is 11.3. The highest BCUT2D eigenvalue weighted by Crippen LogP contribution is 2.17. The average molecular weight is 316 g/mol. The second-order valence-corrected chi connectivity index (χ2v) is 4.91. The van der Waals surface area contributed by atoms with Gasteiger partial charge >= 0.3 is 0 Å². The molecule has 124 valence electrons. The number of nitrogens with one attached hydrogen (secondary N) is 2. The number of hydrogen-bond donors (Lipinski definition) is 2. The lowest BCUT2D eigenvalue weighted by molar-refractivity contribution is 0.145. The Morgan fingerprint density at radius 2 is 2.09 bits per heavy atom. The summed E-state index contributed by atoms with van der Waals surface area (Å²) in [5, 5.41) is 6.45. The molecule has 0 spiro atoms. The second kappa shape index (κ2) is 9.63. The van der Waals surface area contributed by atoms with Crippen molar-refractivity contribution in [2.75, 3.05) is 26.8 Å². The van der Waals surface area contributed by atoms with Crippen molar-refractivity contribution in [2.24, 2.45) is 4.99 Å². The summed E-state index contributed by atoms with van der Waals surface area (Å²) in [7, 11) is 1.75. The van der Waals surface area contributed by atoms with Gasteiger partial charge in [0.15, 0.2) is 5.96 Å². The van der Waals surface area contributed by atoms with Crippen LogP contribution in [0.1, 0.15) is 19.0 Å². The maximum absolute atomic E-state index is 5.51. The number of aliphatic imine (C=N–C) groups is 1. The van der Waals surface area contributed by atoms with Crippen molar-refractivity contribution in [2.45, 2.75) is 19.9 Å². The molecule has 2 aromatic rings. The van der Waals surface area contributed by atoms with Gasteiger partial charge in [0.05, 0.1) is 12.2 Å². The zero-order chi connectivity index (χ0) is 16.3. The summed E-state index contributed by atoms with van der Waals surface area (Å²) in [5.74, 6) is 1.37. The Bertz CT molecular complexity index is 596. The van der Waals surface area contributed by atoms with Crippen LogP contribution in [0.3, 0.4) is 0 Å². The quantitative estimate of drug-likeness (QED) is 0.445. The molecule has 1 aromatic heterocycles. The molecule has 0 amide bonds. The van der Waals surface area contributed by atoms with E-state index in [9.17, 15) is 0 Å². The fourth-order valence-electron chi connectivity index (χ4n) is 2.02. The van der Waals surface area contributed by atoms with Gasteiger partial charge in [-0.15, -0.1) is 0 Å². The number of hydrogen-bond acceptors (Lipinski definition) is 4. The molecular weight excluding hydrogens is 292 g/mol. The normalized spacial score (nSPS) is 11.5. The summed E-state index contributed by atoms with van der Waals surface area (Å²) < 4.78 is 10.8. The number of benzene rings is 1. The molecule has 0 aliphatic heterocycles. The largest absolute Gasteiger partial charge is 0.444 e. The molecule has 6 heteroatoms. The smallest absolute Gasteiger partial charge is 0.226 e. The van der Waals surface area contributed by atoms with E-state index in [2.05, 4.69) is 20.6 Å². The monoisotopic (exact) mass is 316 g/mol. The predicted molar refractivity (Wildman–Crippen MR) is 91.3 cm³/mol. The maximum Gasteiger partial charge on any atom is 0.226 e. The highest BCUT2D eigenvalue weighted by atomic mass is 16.5. The maximum atomic E-state index is 5.51. The molecule has 0 atom stereocenters. The molecule has 2 N–H and O–H groups in total. The molecule has 0 unspecified atom stereocenters. The van der Waals surface area contributed by atoms with E-state index in [1.54, 1.807) is 13.3 Å². The molecule has 0 bridgehead atoms. The van der Waals surface area contributed by atoms with Gasteiger partial charge in [0, 0.05) is 32.4 Å². The molecule has 0 aliphatic carbocycles. The van der Waals surface area contributed by atoms with Gasteiger partial charge < -0.3 is 19.8 Å². The van der Waals surface area contributed by atoms with Crippen molar-refractivity contribution < 1.29 is 9.15 Å². The summed E-state index contributed by atoms with van der Waals surface area (Å²) in [6.07, 6.45) is 2.61. The summed E-state index contributed by atoms with van der Waals surface area (Å²) in [6.45, 7) is 4.87. The Kier molecular flexibility index (Phi) is 7.13. The van der Waals surface area contributed by atoms with Crippen molar-refractivity contribution in [1.82, 2.24) is 15.6 Å². The van der Waals surface area contributed by atoms with Crippen LogP contribution in [0, 0.1) is 0 Å². The molecule has 0 aliphatic rings. The third kappa shape index (κ3) is 5.75. The third-order valence-corrected chi connectivity index (χ3v) is 3.20. The second-order valence-electron chi connectivity index (χ2n) is 4.91. The van der Waals surface area contributed by atoms with Gasteiger partial charge in [-0.1, -0.05) is 18.2 Å². The zero-order valence-corrected chi connectivity index (χ0v) is 13.7. The number of rotatable bonds is 8. The van der Waals surface area contributed by atoms with Crippen LogP contribution in [-0.2, 0) is 11.3 Å². The fraction of sp³-hybridized carbons (Fsp3) is 0.412. The minimum absolute atomic E-state index is 0.557. The van der Waals surface area contributed by atoms with Gasteiger partial charge in [0.1, 0.15) is 6.26 Å². The highest BCUT2D eigenvalue weighted by Gasteiger charge is 2.06. The van der Waals surface area contributed by atoms with E-state index >= 15 is 0 Å². The van der Waals surface area contributed by atoms with Crippen LogP contribution < -0.4 is 10.6 Å². The number of aromatic nitrogens is 1. The molecule has 0 radical (unpaired) electrons. The SMILES string of the molecule is CCOCCCNC(=NC)NCc1coc(-c2ccccc2)n1. The van der Waals surface area contributed by atoms with Crippen molar-refractivity contribution in [3.05, 3.63) is 42.3 Å². The number of nitrogens with zero attached hydrogens (tertiary/aromatic N) is 2. The van der Waals surface area contributed by atoms with Crippen molar-refractivity contribution in [3.63, 3.8) is 0 Å². The first-order valence-corrected chi connectivity index (χ1v) is 7.85. The van der Waals surface area contributed by atoms with Crippen LogP contribution in [0.15, 0.2) is 46.0 Å². The highest BCUT2D eigenvalue weighted by molar-refractivity contribution is 5.79. The zero-order valence-electron chi connectivity index (χ0n) is 13.7. The van der Waals surface area contributed by atoms with Crippen molar-refractivity contribution in [1.29, 1.82) is 0 Å². The first kappa shape index (κ1) is 17.0. The predicted octanol–water partition coefficient (Wildman–Crippen LogP) is 2.43. The van der Waals surface area contributed by atoms with Gasteiger partial charge in [-0.25, -0.2) is 4.98 Å². The molecule has 0 fully saturated rings. The Labute approximate surface area is 137 Å². The van der Waals surface area contributed by atoms with Crippen molar-refractivity contribution >= 4 is 5.96 Å². The van der Waals surface area contributed by atoms with Crippen LogP contribution in [0.4, 0.5) is 0 Å². The molecule has 1 heterocycles. The number of guanidine groups is 1. The van der Waals surface area contributed by atoms with Crippen LogP contribution in [-0.4, -0.2) is 37.7 Å². The van der Waals surface area contributed by atoms with E-state index in [4.69, 9.17) is 9.15 Å². The van der Waals surface area contributed by atoms with E-state index in [1.807, 2.05) is 37.3 Å². The molecule has 0 saturated heterocycles. The summed E-state index contributed by atoms with van der Waals surface area (Å²) in [5.41, 5.74) is 1.80. The van der Waals surface area contributed by atoms with Crippen LogP contribution in [0.5, 0.6) is 0 Å². The van der Waals surface area contributed by atoms with Crippen LogP contribution >= 0.6 is 0 Å². The Morgan fingerprint density at radius 3 is 2.83 bits per heavy atom. The standard InChI is InChI=1S/C17H24N4O2/c1-3-22-11-7-10-19-17(18-2)20-12-15-13-23-16(21-15)14-8-5-4-6-9-14/h4-6,8-9,13H,3,7,10-12H2,1-2H3,(H2,18,19,20). The van der Waals surface area contributed by atoms with E-state index in [0.717, 1.165) is 43.4 Å². The lowest BCUT2D eigenvalue weighted by Crippen LogP contribution is -2.37. The lowest BCUT2D eigenvalue weighted by atomic mass is 10.2. The van der Waals surface area contributed by atoms with Crippen LogP contribution in [0.25, 0.3) is 11.5 Å². The molecule has 6 nitrogen and oxygen atoms in total. The molecular formula is C17H24N4O2.